The van der Waals surface area contributed by atoms with Gasteiger partial charge in [-0.05, 0) is 62.2 Å². The molecule has 0 unspecified atom stereocenters. The summed E-state index contributed by atoms with van der Waals surface area (Å²) in [6.45, 7) is 9.79. The molecule has 6 nitrogen and oxygen atoms in total. The number of ether oxygens (including phenoxy) is 2. The first kappa shape index (κ1) is 18.9. The molecule has 0 fully saturated rings. The number of hydrogen-bond donors (Lipinski definition) is 1. The fourth-order valence-electron chi connectivity index (χ4n) is 3.41. The van der Waals surface area contributed by atoms with Gasteiger partial charge in [0, 0.05) is 21.1 Å². The van der Waals surface area contributed by atoms with Gasteiger partial charge in [0.05, 0.1) is 23.9 Å². The van der Waals surface area contributed by atoms with E-state index in [4.69, 9.17) is 9.47 Å². The minimum atomic E-state index is -0.905. The SMILES string of the molecule is COC(=O)[C@@H](OC(C)(C)C)c1c(C)c2c3c(cc(C)n3CC(=O)N2)c1Br. The van der Waals surface area contributed by atoms with Gasteiger partial charge in [-0.15, -0.1) is 0 Å². The van der Waals surface area contributed by atoms with E-state index in [1.807, 2.05) is 45.3 Å². The van der Waals surface area contributed by atoms with Crippen LogP contribution in [0.3, 0.4) is 0 Å². The quantitative estimate of drug-likeness (QED) is 0.758. The molecule has 2 aromatic rings. The molecule has 0 saturated heterocycles. The molecule has 0 spiro atoms. The van der Waals surface area contributed by atoms with Gasteiger partial charge in [0.1, 0.15) is 6.54 Å². The highest BCUT2D eigenvalue weighted by atomic mass is 79.9. The van der Waals surface area contributed by atoms with E-state index < -0.39 is 17.7 Å². The number of carbonyl (C=O) groups is 2. The molecule has 3 rings (SSSR count). The summed E-state index contributed by atoms with van der Waals surface area (Å²) in [5.74, 6) is -0.561. The first-order valence-corrected chi connectivity index (χ1v) is 9.21. The fraction of sp³-hybridized carbons (Fsp3) is 0.474. The van der Waals surface area contributed by atoms with Gasteiger partial charge in [-0.2, -0.15) is 0 Å². The second kappa shape index (κ2) is 6.39. The van der Waals surface area contributed by atoms with Crippen molar-refractivity contribution in [3.05, 3.63) is 27.4 Å². The smallest absolute Gasteiger partial charge is 0.339 e. The molecule has 0 radical (unpaired) electrons. The van der Waals surface area contributed by atoms with E-state index in [0.29, 0.717) is 11.3 Å². The predicted octanol–water partition coefficient (Wildman–Crippen LogP) is 4.00. The lowest BCUT2D eigenvalue weighted by Crippen LogP contribution is -2.30. The molecule has 1 aromatic carbocycles. The Labute approximate surface area is 161 Å². The van der Waals surface area contributed by atoms with Crippen LogP contribution in [0, 0.1) is 13.8 Å². The van der Waals surface area contributed by atoms with Crippen LogP contribution in [0.2, 0.25) is 0 Å². The van der Waals surface area contributed by atoms with Crippen LogP contribution in [0.4, 0.5) is 5.69 Å². The van der Waals surface area contributed by atoms with Gasteiger partial charge >= 0.3 is 5.97 Å². The number of aryl methyl sites for hydroxylation is 1. The number of halogens is 1. The lowest BCUT2D eigenvalue weighted by Gasteiger charge is -2.29. The minimum Gasteiger partial charge on any atom is -0.467 e. The average molecular weight is 423 g/mol. The van der Waals surface area contributed by atoms with Gasteiger partial charge in [0.25, 0.3) is 0 Å². The third kappa shape index (κ3) is 3.03. The molecule has 2 heterocycles. The number of rotatable bonds is 3. The summed E-state index contributed by atoms with van der Waals surface area (Å²) in [5, 5.41) is 3.89. The van der Waals surface area contributed by atoms with Gasteiger partial charge in [-0.25, -0.2) is 4.79 Å². The Kier molecular flexibility index (Phi) is 4.65. The average Bonchev–Trinajstić information content (AvgIpc) is 2.87. The highest BCUT2D eigenvalue weighted by Gasteiger charge is 2.35. The Morgan fingerprint density at radius 3 is 2.58 bits per heavy atom. The van der Waals surface area contributed by atoms with Gasteiger partial charge in [-0.3, -0.25) is 4.79 Å². The van der Waals surface area contributed by atoms with Crippen molar-refractivity contribution < 1.29 is 19.1 Å². The molecule has 1 aliphatic rings. The maximum absolute atomic E-state index is 12.5. The molecule has 0 bridgehead atoms. The van der Waals surface area contributed by atoms with Crippen molar-refractivity contribution >= 4 is 44.4 Å². The van der Waals surface area contributed by atoms with E-state index in [9.17, 15) is 9.59 Å². The maximum Gasteiger partial charge on any atom is 0.339 e. The normalized spacial score (nSPS) is 15.1. The zero-order chi connectivity index (χ0) is 19.4. The van der Waals surface area contributed by atoms with E-state index in [0.717, 1.165) is 26.6 Å². The number of hydrogen-bond acceptors (Lipinski definition) is 4. The Morgan fingerprint density at radius 1 is 1.35 bits per heavy atom. The second-order valence-electron chi connectivity index (χ2n) is 7.54. The van der Waals surface area contributed by atoms with Crippen LogP contribution in [0.1, 0.15) is 43.7 Å². The van der Waals surface area contributed by atoms with E-state index in [1.165, 1.54) is 7.11 Å². The van der Waals surface area contributed by atoms with Crippen molar-refractivity contribution in [3.8, 4) is 0 Å². The van der Waals surface area contributed by atoms with Crippen molar-refractivity contribution in [3.63, 3.8) is 0 Å². The van der Waals surface area contributed by atoms with Crippen molar-refractivity contribution in [1.82, 2.24) is 4.57 Å². The number of nitrogens with one attached hydrogen (secondary N) is 1. The lowest BCUT2D eigenvalue weighted by atomic mass is 9.97. The molecule has 1 aliphatic heterocycles. The van der Waals surface area contributed by atoms with Crippen molar-refractivity contribution in [2.24, 2.45) is 0 Å². The number of esters is 1. The summed E-state index contributed by atoms with van der Waals surface area (Å²) in [5.41, 5.74) is 3.57. The van der Waals surface area contributed by atoms with Crippen molar-refractivity contribution in [2.75, 3.05) is 12.4 Å². The second-order valence-corrected chi connectivity index (χ2v) is 8.34. The van der Waals surface area contributed by atoms with E-state index in [1.54, 1.807) is 0 Å². The van der Waals surface area contributed by atoms with Crippen LogP contribution in [0.25, 0.3) is 10.9 Å². The monoisotopic (exact) mass is 422 g/mol. The van der Waals surface area contributed by atoms with Crippen LogP contribution < -0.4 is 5.32 Å². The van der Waals surface area contributed by atoms with Crippen LogP contribution in [-0.4, -0.2) is 29.2 Å². The summed E-state index contributed by atoms with van der Waals surface area (Å²) in [4.78, 5) is 24.7. The molecule has 1 N–H and O–H groups in total. The molecule has 1 atom stereocenters. The van der Waals surface area contributed by atoms with Crippen LogP contribution in [0.15, 0.2) is 10.5 Å². The number of methoxy groups -OCH3 is 1. The highest BCUT2D eigenvalue weighted by molar-refractivity contribution is 9.10. The largest absolute Gasteiger partial charge is 0.467 e. The van der Waals surface area contributed by atoms with Gasteiger partial charge < -0.3 is 19.4 Å². The molecule has 1 amide bonds. The molecule has 26 heavy (non-hydrogen) atoms. The summed E-state index contributed by atoms with van der Waals surface area (Å²) in [6, 6.07) is 2.01. The molecule has 140 valence electrons. The van der Waals surface area contributed by atoms with Crippen LogP contribution in [-0.2, 0) is 25.6 Å². The predicted molar refractivity (Wildman–Crippen MR) is 103 cm³/mol. The zero-order valence-corrected chi connectivity index (χ0v) is 17.4. The number of amides is 1. The van der Waals surface area contributed by atoms with Gasteiger partial charge in [-0.1, -0.05) is 0 Å². The number of benzene rings is 1. The van der Waals surface area contributed by atoms with Crippen LogP contribution in [0.5, 0.6) is 0 Å². The van der Waals surface area contributed by atoms with E-state index in [-0.39, 0.29) is 12.5 Å². The van der Waals surface area contributed by atoms with Crippen molar-refractivity contribution in [2.45, 2.75) is 52.9 Å². The Hall–Kier alpha value is -1.86. The summed E-state index contributed by atoms with van der Waals surface area (Å²) in [7, 11) is 1.34. The topological polar surface area (TPSA) is 69.6 Å². The Bertz CT molecular complexity index is 924. The van der Waals surface area contributed by atoms with E-state index in [2.05, 4.69) is 21.2 Å². The number of anilines is 1. The fourth-order valence-corrected chi connectivity index (χ4v) is 4.22. The number of carbonyl (C=O) groups excluding carboxylic acids is 2. The maximum atomic E-state index is 12.5. The first-order chi connectivity index (χ1) is 12.0. The lowest BCUT2D eigenvalue weighted by molar-refractivity contribution is -0.164. The molecule has 0 saturated carbocycles. The number of nitrogens with zero attached hydrogens (tertiary/aromatic N) is 1. The van der Waals surface area contributed by atoms with Gasteiger partial charge in [0.15, 0.2) is 6.10 Å². The van der Waals surface area contributed by atoms with Gasteiger partial charge in [0.2, 0.25) is 5.91 Å². The Balaban J connectivity index is 2.33. The van der Waals surface area contributed by atoms with E-state index >= 15 is 0 Å². The van der Waals surface area contributed by atoms with Crippen LogP contribution >= 0.6 is 15.9 Å². The van der Waals surface area contributed by atoms with Crippen molar-refractivity contribution in [1.29, 1.82) is 0 Å². The summed E-state index contributed by atoms with van der Waals surface area (Å²) < 4.78 is 13.8. The third-order valence-electron chi connectivity index (χ3n) is 4.51. The summed E-state index contributed by atoms with van der Waals surface area (Å²) in [6.07, 6.45) is -0.905. The molecular formula is C19H23BrN2O4. The molecule has 7 heteroatoms. The molecule has 0 aliphatic carbocycles. The molecular weight excluding hydrogens is 400 g/mol. The third-order valence-corrected chi connectivity index (χ3v) is 5.36. The minimum absolute atomic E-state index is 0.0826. The number of aromatic nitrogens is 1. The highest BCUT2D eigenvalue weighted by Crippen LogP contribution is 2.44. The Morgan fingerprint density at radius 2 is 2.00 bits per heavy atom. The standard InChI is InChI=1S/C19H23BrN2O4/c1-9-7-11-14(20)13(17(18(24)25-6)26-19(3,4)5)10(2)15-16(11)22(9)8-12(23)21-15/h7,17H,8H2,1-6H3,(H,21,23)/t17-/m0/s1. The summed E-state index contributed by atoms with van der Waals surface area (Å²) >= 11 is 3.67. The molecule has 1 aromatic heterocycles. The zero-order valence-electron chi connectivity index (χ0n) is 15.8. The first-order valence-electron chi connectivity index (χ1n) is 8.42.